The predicted octanol–water partition coefficient (Wildman–Crippen LogP) is 4.40. The third-order valence-electron chi connectivity index (χ3n) is 3.09. The molecule has 0 radical (unpaired) electrons. The average Bonchev–Trinajstić information content (AvgIpc) is 2.56. The van der Waals surface area contributed by atoms with Crippen LogP contribution >= 0.6 is 23.4 Å². The lowest BCUT2D eigenvalue weighted by molar-refractivity contribution is 0.415. The van der Waals surface area contributed by atoms with Gasteiger partial charge in [0.15, 0.2) is 5.96 Å². The lowest BCUT2D eigenvalue weighted by Crippen LogP contribution is -2.22. The first-order chi connectivity index (χ1) is 11.6. The summed E-state index contributed by atoms with van der Waals surface area (Å²) in [4.78, 5) is 5.31. The van der Waals surface area contributed by atoms with E-state index >= 15 is 0 Å². The molecule has 128 valence electrons. The molecule has 7 heteroatoms. The maximum Gasteiger partial charge on any atom is 0.193 e. The van der Waals surface area contributed by atoms with Crippen LogP contribution in [0.3, 0.4) is 0 Å². The number of thioether (sulfide) groups is 1. The topological polar surface area (TPSA) is 59.6 Å². The minimum absolute atomic E-state index is 0.221. The number of aliphatic imine (C=N–C) groups is 1. The highest BCUT2D eigenvalue weighted by Gasteiger charge is 2.02. The molecule has 0 unspecified atom stereocenters. The first-order valence-electron chi connectivity index (χ1n) is 7.37. The van der Waals surface area contributed by atoms with Crippen molar-refractivity contribution in [1.82, 2.24) is 0 Å². The Hall–Kier alpha value is -1.92. The molecular formula is C17H19ClFN3OS. The number of guanidine groups is 1. The summed E-state index contributed by atoms with van der Waals surface area (Å²) in [6.45, 7) is 0.608. The fourth-order valence-corrected chi connectivity index (χ4v) is 3.01. The number of nitrogens with one attached hydrogen (secondary N) is 1. The summed E-state index contributed by atoms with van der Waals surface area (Å²) in [6.07, 6.45) is 0.869. The molecule has 0 saturated heterocycles. The van der Waals surface area contributed by atoms with E-state index in [0.29, 0.717) is 23.3 Å². The first-order valence-corrected chi connectivity index (χ1v) is 8.73. The number of nitrogens with two attached hydrogens (primary N) is 1. The number of ether oxygens (including phenoxy) is 1. The molecule has 0 aromatic heterocycles. The molecule has 2 rings (SSSR count). The van der Waals surface area contributed by atoms with Crippen LogP contribution in [0.5, 0.6) is 5.75 Å². The number of methoxy groups -OCH3 is 1. The number of rotatable bonds is 7. The van der Waals surface area contributed by atoms with Gasteiger partial charge in [0.25, 0.3) is 0 Å². The smallest absolute Gasteiger partial charge is 0.193 e. The third kappa shape index (κ3) is 5.94. The van der Waals surface area contributed by atoms with Gasteiger partial charge in [-0.05, 0) is 54.6 Å². The zero-order valence-corrected chi connectivity index (χ0v) is 14.8. The van der Waals surface area contributed by atoms with Gasteiger partial charge in [-0.1, -0.05) is 11.6 Å². The van der Waals surface area contributed by atoms with Crippen LogP contribution in [0.25, 0.3) is 0 Å². The van der Waals surface area contributed by atoms with E-state index in [0.717, 1.165) is 22.8 Å². The second-order valence-corrected chi connectivity index (χ2v) is 6.47. The van der Waals surface area contributed by atoms with Gasteiger partial charge in [0, 0.05) is 17.1 Å². The minimum Gasteiger partial charge on any atom is -0.495 e. The van der Waals surface area contributed by atoms with E-state index in [4.69, 9.17) is 22.1 Å². The van der Waals surface area contributed by atoms with Crippen molar-refractivity contribution in [2.75, 3.05) is 24.7 Å². The molecule has 0 fully saturated rings. The number of nitrogens with zero attached hydrogens (tertiary/aromatic N) is 1. The maximum absolute atomic E-state index is 12.8. The van der Waals surface area contributed by atoms with E-state index in [1.807, 2.05) is 6.07 Å². The molecule has 2 aromatic carbocycles. The number of anilines is 1. The lowest BCUT2D eigenvalue weighted by Gasteiger charge is -2.08. The van der Waals surface area contributed by atoms with Gasteiger partial charge in [-0.2, -0.15) is 0 Å². The van der Waals surface area contributed by atoms with E-state index in [1.54, 1.807) is 43.1 Å². The Balaban J connectivity index is 1.73. The molecule has 24 heavy (non-hydrogen) atoms. The average molecular weight is 368 g/mol. The van der Waals surface area contributed by atoms with Gasteiger partial charge < -0.3 is 15.8 Å². The summed E-state index contributed by atoms with van der Waals surface area (Å²) >= 11 is 7.72. The van der Waals surface area contributed by atoms with Crippen LogP contribution in [-0.4, -0.2) is 25.4 Å². The van der Waals surface area contributed by atoms with Gasteiger partial charge >= 0.3 is 0 Å². The van der Waals surface area contributed by atoms with Gasteiger partial charge in [0.05, 0.1) is 12.1 Å². The Bertz CT molecular complexity index is 695. The van der Waals surface area contributed by atoms with Crippen molar-refractivity contribution in [2.45, 2.75) is 11.3 Å². The van der Waals surface area contributed by atoms with Crippen LogP contribution in [0.2, 0.25) is 5.02 Å². The molecule has 2 aromatic rings. The molecule has 0 bridgehead atoms. The Morgan fingerprint density at radius 3 is 2.71 bits per heavy atom. The van der Waals surface area contributed by atoms with Crippen LogP contribution in [0.4, 0.5) is 10.1 Å². The molecule has 0 atom stereocenters. The standard InChI is InChI=1S/C17H19ClFN3OS/c1-23-16-8-5-13(11-15(16)18)22-17(20)21-9-2-10-24-14-6-3-12(19)4-7-14/h3-8,11H,2,9-10H2,1H3,(H3,20,21,22). The van der Waals surface area contributed by atoms with Gasteiger partial charge in [-0.25, -0.2) is 4.39 Å². The second kappa shape index (κ2) is 9.39. The highest BCUT2D eigenvalue weighted by Crippen LogP contribution is 2.27. The molecule has 0 amide bonds. The summed E-state index contributed by atoms with van der Waals surface area (Å²) in [6, 6.07) is 11.8. The molecule has 0 aliphatic carbocycles. The SMILES string of the molecule is COc1ccc(NC(N)=NCCCSc2ccc(F)cc2)cc1Cl. The van der Waals surface area contributed by atoms with Crippen molar-refractivity contribution in [3.05, 3.63) is 53.3 Å². The van der Waals surface area contributed by atoms with E-state index in [2.05, 4.69) is 10.3 Å². The maximum atomic E-state index is 12.8. The van der Waals surface area contributed by atoms with Gasteiger partial charge in [-0.3, -0.25) is 4.99 Å². The van der Waals surface area contributed by atoms with E-state index in [-0.39, 0.29) is 5.82 Å². The lowest BCUT2D eigenvalue weighted by atomic mass is 10.3. The summed E-state index contributed by atoms with van der Waals surface area (Å²) in [7, 11) is 1.56. The summed E-state index contributed by atoms with van der Waals surface area (Å²) in [5.41, 5.74) is 6.60. The fraction of sp³-hybridized carbons (Fsp3) is 0.235. The number of benzene rings is 2. The quantitative estimate of drug-likeness (QED) is 0.329. The molecule has 0 aliphatic rings. The highest BCUT2D eigenvalue weighted by atomic mass is 35.5. The molecule has 0 aliphatic heterocycles. The fourth-order valence-electron chi connectivity index (χ4n) is 1.92. The second-order valence-electron chi connectivity index (χ2n) is 4.90. The van der Waals surface area contributed by atoms with Crippen LogP contribution in [0, 0.1) is 5.82 Å². The predicted molar refractivity (Wildman–Crippen MR) is 99.9 cm³/mol. The zero-order valence-electron chi connectivity index (χ0n) is 13.3. The van der Waals surface area contributed by atoms with Crippen molar-refractivity contribution in [3.8, 4) is 5.75 Å². The van der Waals surface area contributed by atoms with E-state index < -0.39 is 0 Å². The van der Waals surface area contributed by atoms with E-state index in [9.17, 15) is 4.39 Å². The molecular weight excluding hydrogens is 349 g/mol. The molecule has 0 heterocycles. The number of hydrogen-bond donors (Lipinski definition) is 2. The molecule has 4 nitrogen and oxygen atoms in total. The number of hydrogen-bond acceptors (Lipinski definition) is 3. The van der Waals surface area contributed by atoms with Gasteiger partial charge in [0.2, 0.25) is 0 Å². The van der Waals surface area contributed by atoms with Crippen LogP contribution in [0.15, 0.2) is 52.4 Å². The Labute approximate surface area is 150 Å². The van der Waals surface area contributed by atoms with Crippen molar-refractivity contribution in [1.29, 1.82) is 0 Å². The Morgan fingerprint density at radius 1 is 1.29 bits per heavy atom. The largest absolute Gasteiger partial charge is 0.495 e. The molecule has 0 saturated carbocycles. The normalized spacial score (nSPS) is 11.4. The van der Waals surface area contributed by atoms with Crippen molar-refractivity contribution >= 4 is 35.0 Å². The minimum atomic E-state index is -0.221. The van der Waals surface area contributed by atoms with Crippen LogP contribution in [-0.2, 0) is 0 Å². The molecule has 0 spiro atoms. The Kier molecular flexibility index (Phi) is 7.21. The van der Waals surface area contributed by atoms with Crippen LogP contribution in [0.1, 0.15) is 6.42 Å². The van der Waals surface area contributed by atoms with Gasteiger partial charge in [-0.15, -0.1) is 11.8 Å². The first kappa shape index (κ1) is 18.4. The zero-order chi connectivity index (χ0) is 17.4. The summed E-state index contributed by atoms with van der Waals surface area (Å²) in [5.74, 6) is 1.61. The summed E-state index contributed by atoms with van der Waals surface area (Å²) in [5, 5.41) is 3.49. The van der Waals surface area contributed by atoms with Crippen molar-refractivity contribution < 1.29 is 9.13 Å². The summed E-state index contributed by atoms with van der Waals surface area (Å²) < 4.78 is 17.9. The van der Waals surface area contributed by atoms with Crippen molar-refractivity contribution in [3.63, 3.8) is 0 Å². The van der Waals surface area contributed by atoms with Crippen molar-refractivity contribution in [2.24, 2.45) is 10.7 Å². The van der Waals surface area contributed by atoms with E-state index in [1.165, 1.54) is 12.1 Å². The highest BCUT2D eigenvalue weighted by molar-refractivity contribution is 7.99. The van der Waals surface area contributed by atoms with Crippen LogP contribution < -0.4 is 15.8 Å². The third-order valence-corrected chi connectivity index (χ3v) is 4.48. The monoisotopic (exact) mass is 367 g/mol. The van der Waals surface area contributed by atoms with Gasteiger partial charge in [0.1, 0.15) is 11.6 Å². The Morgan fingerprint density at radius 2 is 2.04 bits per heavy atom. The number of halogens is 2. The molecule has 3 N–H and O–H groups in total.